The first kappa shape index (κ1) is 17.1. The van der Waals surface area contributed by atoms with Gasteiger partial charge in [0.15, 0.2) is 0 Å². The molecule has 0 aliphatic carbocycles. The van der Waals surface area contributed by atoms with Crippen LogP contribution in [0.15, 0.2) is 24.4 Å². The van der Waals surface area contributed by atoms with Gasteiger partial charge in [0, 0.05) is 6.07 Å². The van der Waals surface area contributed by atoms with Crippen molar-refractivity contribution in [3.05, 3.63) is 35.9 Å². The lowest BCUT2D eigenvalue weighted by Crippen LogP contribution is -2.40. The quantitative estimate of drug-likeness (QED) is 0.651. The van der Waals surface area contributed by atoms with E-state index in [-0.39, 0.29) is 5.82 Å². The minimum absolute atomic E-state index is 0.315. The molecule has 0 saturated carbocycles. The van der Waals surface area contributed by atoms with Crippen LogP contribution in [-0.4, -0.2) is 49.1 Å². The van der Waals surface area contributed by atoms with Crippen molar-refractivity contribution >= 4 is 34.1 Å². The Hall–Kier alpha value is -1.71. The Balaban J connectivity index is 1.73. The van der Waals surface area contributed by atoms with Crippen molar-refractivity contribution in [3.8, 4) is 5.69 Å². The summed E-state index contributed by atoms with van der Waals surface area (Å²) in [5.74, 6) is 0.852. The number of hydrogen-bond acceptors (Lipinski definition) is 5. The Morgan fingerprint density at radius 3 is 2.83 bits per heavy atom. The Labute approximate surface area is 148 Å². The standard InChI is InChI=1S/C15H18FN5OS2/c1-11(23)17-9-12-10-21(19-18-12)13-2-3-15(14(16)8-13)20-4-6-24(22)7-5-20/h2-3,8,10H,4-7,9H2,1H3,(H,17,23). The molecule has 1 saturated heterocycles. The molecule has 0 atom stereocenters. The van der Waals surface area contributed by atoms with Crippen molar-refractivity contribution in [2.45, 2.75) is 13.5 Å². The summed E-state index contributed by atoms with van der Waals surface area (Å²) in [5, 5.41) is 11.1. The van der Waals surface area contributed by atoms with Crippen molar-refractivity contribution in [2.75, 3.05) is 29.5 Å². The molecular weight excluding hydrogens is 349 g/mol. The van der Waals surface area contributed by atoms with Gasteiger partial charge in [-0.3, -0.25) is 0 Å². The Bertz CT molecular complexity index is 730. The SMILES string of the molecule is CC(=S)NCc1cn(-c2ccc(N3CC[S+]([O-])CC3)c(F)c2)nn1. The lowest BCUT2D eigenvalue weighted by atomic mass is 10.2. The molecule has 24 heavy (non-hydrogen) atoms. The first-order valence-corrected chi connectivity index (χ1v) is 9.48. The van der Waals surface area contributed by atoms with Gasteiger partial charge in [-0.15, -0.1) is 5.10 Å². The molecule has 1 fully saturated rings. The third-order valence-corrected chi connectivity index (χ3v) is 5.19. The number of aromatic nitrogens is 3. The number of thiocarbonyl (C=S) groups is 1. The summed E-state index contributed by atoms with van der Waals surface area (Å²) in [5.41, 5.74) is 1.87. The molecular formula is C15H18FN5OS2. The minimum Gasteiger partial charge on any atom is -0.616 e. The summed E-state index contributed by atoms with van der Waals surface area (Å²) in [6, 6.07) is 4.98. The molecule has 0 radical (unpaired) electrons. The van der Waals surface area contributed by atoms with Crippen molar-refractivity contribution in [1.82, 2.24) is 20.3 Å². The predicted octanol–water partition coefficient (Wildman–Crippen LogP) is 1.41. The fourth-order valence-corrected chi connectivity index (χ4v) is 3.62. The van der Waals surface area contributed by atoms with Crippen LogP contribution in [-0.2, 0) is 17.7 Å². The zero-order valence-electron chi connectivity index (χ0n) is 13.2. The number of hydrogen-bond donors (Lipinski definition) is 1. The number of nitrogens with one attached hydrogen (secondary N) is 1. The van der Waals surface area contributed by atoms with Crippen molar-refractivity contribution in [3.63, 3.8) is 0 Å². The Morgan fingerprint density at radius 2 is 2.17 bits per heavy atom. The lowest BCUT2D eigenvalue weighted by molar-refractivity contribution is 0.580. The molecule has 6 nitrogen and oxygen atoms in total. The minimum atomic E-state index is -0.780. The van der Waals surface area contributed by atoms with Crippen LogP contribution >= 0.6 is 12.2 Å². The smallest absolute Gasteiger partial charge is 0.148 e. The highest BCUT2D eigenvalue weighted by Gasteiger charge is 2.22. The number of benzene rings is 1. The lowest BCUT2D eigenvalue weighted by Gasteiger charge is -2.30. The van der Waals surface area contributed by atoms with E-state index in [0.717, 1.165) is 5.69 Å². The largest absolute Gasteiger partial charge is 0.616 e. The van der Waals surface area contributed by atoms with E-state index in [0.29, 0.717) is 47.5 Å². The number of rotatable bonds is 4. The number of halogens is 1. The molecule has 1 aromatic carbocycles. The maximum Gasteiger partial charge on any atom is 0.148 e. The van der Waals surface area contributed by atoms with E-state index in [1.165, 1.54) is 10.7 Å². The molecule has 0 amide bonds. The molecule has 128 valence electrons. The van der Waals surface area contributed by atoms with E-state index < -0.39 is 11.2 Å². The monoisotopic (exact) mass is 367 g/mol. The van der Waals surface area contributed by atoms with Gasteiger partial charge in [-0.2, -0.15) is 0 Å². The predicted molar refractivity (Wildman–Crippen MR) is 96.5 cm³/mol. The molecule has 2 aromatic rings. The average molecular weight is 367 g/mol. The van der Waals surface area contributed by atoms with Crippen LogP contribution in [0.3, 0.4) is 0 Å². The molecule has 2 heterocycles. The molecule has 1 N–H and O–H groups in total. The zero-order chi connectivity index (χ0) is 17.1. The molecule has 0 spiro atoms. The molecule has 1 aromatic heterocycles. The van der Waals surface area contributed by atoms with Gasteiger partial charge in [0.1, 0.15) is 23.0 Å². The van der Waals surface area contributed by atoms with Crippen LogP contribution in [0, 0.1) is 5.82 Å². The fraction of sp³-hybridized carbons (Fsp3) is 0.400. The summed E-state index contributed by atoms with van der Waals surface area (Å²) >= 11 is 4.18. The van der Waals surface area contributed by atoms with Gasteiger partial charge in [-0.25, -0.2) is 9.07 Å². The normalized spacial score (nSPS) is 15.5. The van der Waals surface area contributed by atoms with E-state index >= 15 is 0 Å². The Kier molecular flexibility index (Phi) is 5.32. The van der Waals surface area contributed by atoms with Crippen LogP contribution in [0.25, 0.3) is 5.69 Å². The highest BCUT2D eigenvalue weighted by molar-refractivity contribution is 7.91. The average Bonchev–Trinajstić information content (AvgIpc) is 3.03. The van der Waals surface area contributed by atoms with Crippen LogP contribution in [0.1, 0.15) is 12.6 Å². The summed E-state index contributed by atoms with van der Waals surface area (Å²) in [7, 11) is 0. The first-order valence-electron chi connectivity index (χ1n) is 7.58. The van der Waals surface area contributed by atoms with Crippen molar-refractivity contribution in [2.24, 2.45) is 0 Å². The fourth-order valence-electron chi connectivity index (χ4n) is 2.49. The van der Waals surface area contributed by atoms with E-state index in [2.05, 4.69) is 15.6 Å². The molecule has 1 aliphatic heterocycles. The highest BCUT2D eigenvalue weighted by Crippen LogP contribution is 2.23. The molecule has 0 unspecified atom stereocenters. The topological polar surface area (TPSA) is 69.0 Å². The summed E-state index contributed by atoms with van der Waals surface area (Å²) in [6.07, 6.45) is 1.74. The highest BCUT2D eigenvalue weighted by atomic mass is 32.2. The molecule has 3 rings (SSSR count). The van der Waals surface area contributed by atoms with Gasteiger partial charge in [-0.1, -0.05) is 28.6 Å². The van der Waals surface area contributed by atoms with Crippen LogP contribution in [0.5, 0.6) is 0 Å². The second kappa shape index (κ2) is 7.45. The second-order valence-corrected chi connectivity index (χ2v) is 7.84. The maximum absolute atomic E-state index is 14.5. The summed E-state index contributed by atoms with van der Waals surface area (Å²) < 4.78 is 27.4. The van der Waals surface area contributed by atoms with Gasteiger partial charge >= 0.3 is 0 Å². The van der Waals surface area contributed by atoms with E-state index in [1.54, 1.807) is 25.3 Å². The zero-order valence-corrected chi connectivity index (χ0v) is 14.9. The van der Waals surface area contributed by atoms with Crippen LogP contribution in [0.2, 0.25) is 0 Å². The number of nitrogens with zero attached hydrogens (tertiary/aromatic N) is 4. The second-order valence-electron chi connectivity index (χ2n) is 5.54. The maximum atomic E-state index is 14.5. The van der Waals surface area contributed by atoms with Gasteiger partial charge in [0.2, 0.25) is 0 Å². The summed E-state index contributed by atoms with van der Waals surface area (Å²) in [4.78, 5) is 2.61. The number of anilines is 1. The van der Waals surface area contributed by atoms with E-state index in [4.69, 9.17) is 12.2 Å². The molecule has 1 aliphatic rings. The third-order valence-electron chi connectivity index (χ3n) is 3.77. The van der Waals surface area contributed by atoms with Gasteiger partial charge in [-0.05, 0) is 19.1 Å². The van der Waals surface area contributed by atoms with Crippen LogP contribution in [0.4, 0.5) is 10.1 Å². The van der Waals surface area contributed by atoms with Crippen LogP contribution < -0.4 is 10.2 Å². The van der Waals surface area contributed by atoms with Crippen molar-refractivity contribution in [1.29, 1.82) is 0 Å². The van der Waals surface area contributed by atoms with E-state index in [1.807, 2.05) is 4.90 Å². The van der Waals surface area contributed by atoms with Gasteiger partial charge in [0.25, 0.3) is 0 Å². The van der Waals surface area contributed by atoms with Crippen molar-refractivity contribution < 1.29 is 8.94 Å². The molecule has 0 bridgehead atoms. The first-order chi connectivity index (χ1) is 11.5. The molecule has 9 heteroatoms. The van der Waals surface area contributed by atoms with Gasteiger partial charge < -0.3 is 14.8 Å². The Morgan fingerprint density at radius 1 is 1.42 bits per heavy atom. The third kappa shape index (κ3) is 4.03. The van der Waals surface area contributed by atoms with Gasteiger partial charge in [0.05, 0.1) is 42.2 Å². The summed E-state index contributed by atoms with van der Waals surface area (Å²) in [6.45, 7) is 3.50. The van der Waals surface area contributed by atoms with E-state index in [9.17, 15) is 8.94 Å².